The summed E-state index contributed by atoms with van der Waals surface area (Å²) in [6.07, 6.45) is -2.62. The van der Waals surface area contributed by atoms with Crippen LogP contribution in [0.5, 0.6) is 0 Å². The first kappa shape index (κ1) is 12.8. The molecule has 2 nitrogen and oxygen atoms in total. The van der Waals surface area contributed by atoms with Gasteiger partial charge in [0, 0.05) is 5.56 Å². The second-order valence-electron chi connectivity index (χ2n) is 2.93. The second kappa shape index (κ2) is 5.16. The normalized spacial score (nSPS) is 12.6. The quantitative estimate of drug-likeness (QED) is 0.788. The van der Waals surface area contributed by atoms with Gasteiger partial charge in [-0.05, 0) is 23.8 Å². The molecule has 16 heavy (non-hydrogen) atoms. The molecular weight excluding hydrogens is 237 g/mol. The predicted molar refractivity (Wildman–Crippen MR) is 58.1 cm³/mol. The molecule has 1 aromatic rings. The lowest BCUT2D eigenvalue weighted by atomic mass is 10.1. The maximum absolute atomic E-state index is 12.4. The lowest BCUT2D eigenvalue weighted by Gasteiger charge is -2.08. The molecule has 1 rings (SSSR count). The summed E-state index contributed by atoms with van der Waals surface area (Å²) in [5, 5.41) is 4.72. The molecule has 0 heterocycles. The Balaban J connectivity index is 3.17. The fourth-order valence-electron chi connectivity index (χ4n) is 1.13. The van der Waals surface area contributed by atoms with E-state index in [9.17, 15) is 13.2 Å². The number of alkyl halides is 3. The highest BCUT2D eigenvalue weighted by molar-refractivity contribution is 8.01. The first-order valence-electron chi connectivity index (χ1n) is 4.27. The Hall–Kier alpha value is -1.30. The third kappa shape index (κ3) is 3.10. The van der Waals surface area contributed by atoms with Gasteiger partial charge in [0.15, 0.2) is 0 Å². The Kier molecular flexibility index (Phi) is 4.12. The Morgan fingerprint density at radius 3 is 2.62 bits per heavy atom. The Morgan fingerprint density at radius 1 is 1.44 bits per heavy atom. The van der Waals surface area contributed by atoms with Crippen LogP contribution in [0.15, 0.2) is 34.8 Å². The number of halogens is 3. The molecule has 6 heteroatoms. The van der Waals surface area contributed by atoms with Crippen LogP contribution in [0.3, 0.4) is 0 Å². The summed E-state index contributed by atoms with van der Waals surface area (Å²) in [6.45, 7) is 0. The molecule has 0 saturated heterocycles. The highest BCUT2D eigenvalue weighted by Gasteiger charge is 2.30. The van der Waals surface area contributed by atoms with Gasteiger partial charge in [0.2, 0.25) is 0 Å². The van der Waals surface area contributed by atoms with Crippen LogP contribution in [-0.2, 0) is 6.18 Å². The van der Waals surface area contributed by atoms with Crippen LogP contribution in [-0.4, -0.2) is 6.26 Å². The average molecular weight is 246 g/mol. The van der Waals surface area contributed by atoms with Crippen molar-refractivity contribution in [2.24, 2.45) is 5.11 Å². The third-order valence-corrected chi connectivity index (χ3v) is 2.29. The highest BCUT2D eigenvalue weighted by Crippen LogP contribution is 2.31. The second-order valence-corrected chi connectivity index (χ2v) is 3.64. The predicted octanol–water partition coefficient (Wildman–Crippen LogP) is 4.40. The van der Waals surface area contributed by atoms with Crippen molar-refractivity contribution in [3.05, 3.63) is 40.8 Å². The molecule has 1 aromatic carbocycles. The maximum Gasteiger partial charge on any atom is 0.416 e. The molecule has 0 aliphatic heterocycles. The van der Waals surface area contributed by atoms with Crippen LogP contribution < -0.4 is 0 Å². The molecule has 0 bridgehead atoms. The minimum absolute atomic E-state index is 0.221. The molecule has 0 aromatic heterocycles. The SMILES string of the molecule is CS/C=C(\N=N)c1cccc(C(F)(F)F)c1. The number of benzene rings is 1. The molecule has 0 radical (unpaired) electrons. The van der Waals surface area contributed by atoms with Gasteiger partial charge >= 0.3 is 6.18 Å². The topological polar surface area (TPSA) is 36.2 Å². The summed E-state index contributed by atoms with van der Waals surface area (Å²) in [5.41, 5.74) is 6.67. The van der Waals surface area contributed by atoms with Crippen LogP contribution in [0.25, 0.3) is 5.70 Å². The van der Waals surface area contributed by atoms with Gasteiger partial charge in [0.1, 0.15) is 0 Å². The van der Waals surface area contributed by atoms with Crippen LogP contribution in [0.2, 0.25) is 0 Å². The van der Waals surface area contributed by atoms with Crippen LogP contribution in [0.1, 0.15) is 11.1 Å². The molecule has 1 N–H and O–H groups in total. The summed E-state index contributed by atoms with van der Waals surface area (Å²) >= 11 is 1.29. The van der Waals surface area contributed by atoms with Crippen molar-refractivity contribution in [2.75, 3.05) is 6.26 Å². The zero-order chi connectivity index (χ0) is 12.2. The van der Waals surface area contributed by atoms with E-state index in [1.807, 2.05) is 0 Å². The van der Waals surface area contributed by atoms with E-state index in [0.717, 1.165) is 12.1 Å². The molecule has 0 aliphatic carbocycles. The summed E-state index contributed by atoms with van der Waals surface area (Å²) in [6, 6.07) is 4.77. The molecule has 0 saturated carbocycles. The number of nitrogens with zero attached hydrogens (tertiary/aromatic N) is 1. The minimum atomic E-state index is -4.37. The molecule has 0 amide bonds. The van der Waals surface area contributed by atoms with Gasteiger partial charge in [0.25, 0.3) is 0 Å². The van der Waals surface area contributed by atoms with Crippen LogP contribution in [0.4, 0.5) is 13.2 Å². The summed E-state index contributed by atoms with van der Waals surface area (Å²) in [4.78, 5) is 0. The fourth-order valence-corrected chi connectivity index (χ4v) is 1.54. The largest absolute Gasteiger partial charge is 0.416 e. The van der Waals surface area contributed by atoms with E-state index in [2.05, 4.69) is 5.11 Å². The summed E-state index contributed by atoms with van der Waals surface area (Å²) in [5.74, 6) is 0. The van der Waals surface area contributed by atoms with Crippen molar-refractivity contribution in [2.45, 2.75) is 6.18 Å². The number of rotatable bonds is 3. The van der Waals surface area contributed by atoms with Gasteiger partial charge in [-0.2, -0.15) is 18.3 Å². The smallest absolute Gasteiger partial charge is 0.204 e. The van der Waals surface area contributed by atoms with Crippen molar-refractivity contribution < 1.29 is 13.2 Å². The highest BCUT2D eigenvalue weighted by atomic mass is 32.2. The fraction of sp³-hybridized carbons (Fsp3) is 0.200. The molecule has 0 spiro atoms. The van der Waals surface area contributed by atoms with E-state index in [1.54, 1.807) is 6.26 Å². The van der Waals surface area contributed by atoms with Crippen molar-refractivity contribution in [3.63, 3.8) is 0 Å². The molecule has 0 aliphatic rings. The van der Waals surface area contributed by atoms with Crippen LogP contribution >= 0.6 is 11.8 Å². The average Bonchev–Trinajstić information content (AvgIpc) is 2.25. The number of thioether (sulfide) groups is 1. The Labute approximate surface area is 95.1 Å². The summed E-state index contributed by atoms with van der Waals surface area (Å²) < 4.78 is 37.3. The van der Waals surface area contributed by atoms with Crippen molar-refractivity contribution in [1.29, 1.82) is 5.53 Å². The first-order valence-corrected chi connectivity index (χ1v) is 5.56. The van der Waals surface area contributed by atoms with E-state index in [0.29, 0.717) is 5.56 Å². The molecule has 0 unspecified atom stereocenters. The molecular formula is C10H9F3N2S. The van der Waals surface area contributed by atoms with Crippen molar-refractivity contribution >= 4 is 17.5 Å². The van der Waals surface area contributed by atoms with Gasteiger partial charge in [0.05, 0.1) is 11.3 Å². The van der Waals surface area contributed by atoms with Gasteiger partial charge in [-0.25, -0.2) is 5.53 Å². The van der Waals surface area contributed by atoms with E-state index >= 15 is 0 Å². The maximum atomic E-state index is 12.4. The van der Waals surface area contributed by atoms with E-state index in [-0.39, 0.29) is 5.70 Å². The van der Waals surface area contributed by atoms with E-state index < -0.39 is 11.7 Å². The monoisotopic (exact) mass is 246 g/mol. The lowest BCUT2D eigenvalue weighted by Crippen LogP contribution is -2.04. The van der Waals surface area contributed by atoms with Crippen molar-refractivity contribution in [1.82, 2.24) is 0 Å². The summed E-state index contributed by atoms with van der Waals surface area (Å²) in [7, 11) is 0. The first-order chi connectivity index (χ1) is 7.49. The van der Waals surface area contributed by atoms with Gasteiger partial charge in [-0.1, -0.05) is 12.1 Å². The zero-order valence-electron chi connectivity index (χ0n) is 8.38. The van der Waals surface area contributed by atoms with Gasteiger partial charge in [-0.15, -0.1) is 11.8 Å². The standard InChI is InChI=1S/C10H9F3N2S/c1-16-6-9(15-14)7-3-2-4-8(5-7)10(11,12)13/h2-6,14H,1H3/b9-6-,15-14?. The van der Waals surface area contributed by atoms with Crippen molar-refractivity contribution in [3.8, 4) is 0 Å². The van der Waals surface area contributed by atoms with Gasteiger partial charge < -0.3 is 0 Å². The van der Waals surface area contributed by atoms with E-state index in [1.165, 1.54) is 29.3 Å². The van der Waals surface area contributed by atoms with Gasteiger partial charge in [-0.3, -0.25) is 0 Å². The van der Waals surface area contributed by atoms with Crippen LogP contribution in [0, 0.1) is 5.53 Å². The molecule has 86 valence electrons. The van der Waals surface area contributed by atoms with E-state index in [4.69, 9.17) is 5.53 Å². The zero-order valence-corrected chi connectivity index (χ0v) is 9.19. The molecule has 0 atom stereocenters. The molecule has 0 fully saturated rings. The number of hydrogen-bond acceptors (Lipinski definition) is 3. The third-order valence-electron chi connectivity index (χ3n) is 1.84. The Bertz CT molecular complexity index is 413. The lowest BCUT2D eigenvalue weighted by molar-refractivity contribution is -0.137. The Morgan fingerprint density at radius 2 is 2.12 bits per heavy atom. The minimum Gasteiger partial charge on any atom is -0.204 e. The number of nitrogens with one attached hydrogen (secondary N) is 1. The number of hydrogen-bond donors (Lipinski definition) is 1.